The van der Waals surface area contributed by atoms with Gasteiger partial charge in [-0.25, -0.2) is 8.78 Å². The quantitative estimate of drug-likeness (QED) is 0.453. The van der Waals surface area contributed by atoms with E-state index >= 15 is 0 Å². The Balaban J connectivity index is 2.00. The van der Waals surface area contributed by atoms with Crippen LogP contribution in [-0.2, 0) is 5.41 Å². The molecule has 128 valence electrons. The van der Waals surface area contributed by atoms with Crippen LogP contribution in [0.2, 0.25) is 5.02 Å². The molecule has 3 rings (SSSR count). The predicted molar refractivity (Wildman–Crippen MR) is 101 cm³/mol. The Hall–Kier alpha value is -2.19. The monoisotopic (exact) mass is 356 g/mol. The highest BCUT2D eigenvalue weighted by Gasteiger charge is 2.17. The van der Waals surface area contributed by atoms with Crippen molar-refractivity contribution in [1.29, 1.82) is 0 Å². The van der Waals surface area contributed by atoms with Crippen molar-refractivity contribution in [3.63, 3.8) is 0 Å². The van der Waals surface area contributed by atoms with Crippen molar-refractivity contribution in [2.24, 2.45) is 0 Å². The second kappa shape index (κ2) is 6.61. The Morgan fingerprint density at radius 3 is 1.76 bits per heavy atom. The number of benzene rings is 3. The standard InChI is InChI=1S/C22H19ClF2/c1-22(2,3)16-7-11-19(21(25)13-16)15-6-10-18(20(24)12-15)14-4-8-17(23)9-5-14/h4-13H,1-3H3. The van der Waals surface area contributed by atoms with E-state index in [0.717, 1.165) is 11.1 Å². The molecule has 0 fully saturated rings. The van der Waals surface area contributed by atoms with Crippen LogP contribution >= 0.6 is 11.6 Å². The van der Waals surface area contributed by atoms with Gasteiger partial charge in [0, 0.05) is 16.1 Å². The second-order valence-corrected chi connectivity index (χ2v) is 7.58. The van der Waals surface area contributed by atoms with Crippen LogP contribution in [0.4, 0.5) is 8.78 Å². The van der Waals surface area contributed by atoms with Crippen molar-refractivity contribution in [1.82, 2.24) is 0 Å². The van der Waals surface area contributed by atoms with Crippen molar-refractivity contribution in [3.8, 4) is 22.3 Å². The zero-order valence-electron chi connectivity index (χ0n) is 14.4. The Morgan fingerprint density at radius 2 is 1.20 bits per heavy atom. The molecule has 0 N–H and O–H groups in total. The maximum Gasteiger partial charge on any atom is 0.131 e. The molecule has 0 atom stereocenters. The molecule has 0 aliphatic carbocycles. The van der Waals surface area contributed by atoms with Crippen LogP contribution in [-0.4, -0.2) is 0 Å². The van der Waals surface area contributed by atoms with Gasteiger partial charge in [-0.05, 0) is 46.4 Å². The number of hydrogen-bond donors (Lipinski definition) is 0. The summed E-state index contributed by atoms with van der Waals surface area (Å²) in [6.45, 7) is 6.09. The first kappa shape index (κ1) is 17.6. The second-order valence-electron chi connectivity index (χ2n) is 7.15. The predicted octanol–water partition coefficient (Wildman–Crippen LogP) is 7.25. The van der Waals surface area contributed by atoms with Crippen LogP contribution in [0.15, 0.2) is 60.7 Å². The SMILES string of the molecule is CC(C)(C)c1ccc(-c2ccc(-c3ccc(Cl)cc3)c(F)c2)c(F)c1. The van der Waals surface area contributed by atoms with Gasteiger partial charge in [0.25, 0.3) is 0 Å². The zero-order valence-corrected chi connectivity index (χ0v) is 15.2. The van der Waals surface area contributed by atoms with Crippen LogP contribution in [0.5, 0.6) is 0 Å². The lowest BCUT2D eigenvalue weighted by Crippen LogP contribution is -2.11. The summed E-state index contributed by atoms with van der Waals surface area (Å²) in [5.41, 5.74) is 2.89. The lowest BCUT2D eigenvalue weighted by atomic mass is 9.86. The van der Waals surface area contributed by atoms with Gasteiger partial charge in [-0.15, -0.1) is 0 Å². The fourth-order valence-corrected chi connectivity index (χ4v) is 2.89. The number of hydrogen-bond acceptors (Lipinski definition) is 0. The van der Waals surface area contributed by atoms with E-state index in [1.54, 1.807) is 42.5 Å². The van der Waals surface area contributed by atoms with Gasteiger partial charge in [0.15, 0.2) is 0 Å². The summed E-state index contributed by atoms with van der Waals surface area (Å²) in [4.78, 5) is 0. The third kappa shape index (κ3) is 3.74. The lowest BCUT2D eigenvalue weighted by Gasteiger charge is -2.19. The van der Waals surface area contributed by atoms with Gasteiger partial charge >= 0.3 is 0 Å². The molecule has 0 aromatic heterocycles. The van der Waals surface area contributed by atoms with Gasteiger partial charge in [0.05, 0.1) is 0 Å². The average Bonchev–Trinajstić information content (AvgIpc) is 2.55. The minimum atomic E-state index is -0.390. The van der Waals surface area contributed by atoms with Crippen molar-refractivity contribution in [2.45, 2.75) is 26.2 Å². The van der Waals surface area contributed by atoms with E-state index in [1.807, 2.05) is 26.8 Å². The Bertz CT molecular complexity index is 906. The van der Waals surface area contributed by atoms with E-state index in [4.69, 9.17) is 11.6 Å². The van der Waals surface area contributed by atoms with Crippen LogP contribution < -0.4 is 0 Å². The molecule has 0 bridgehead atoms. The van der Waals surface area contributed by atoms with Gasteiger partial charge in [0.1, 0.15) is 11.6 Å². The summed E-state index contributed by atoms with van der Waals surface area (Å²) in [5.74, 6) is -0.731. The first-order valence-corrected chi connectivity index (χ1v) is 8.49. The zero-order chi connectivity index (χ0) is 18.2. The molecule has 25 heavy (non-hydrogen) atoms. The molecule has 0 radical (unpaired) electrons. The minimum Gasteiger partial charge on any atom is -0.206 e. The highest BCUT2D eigenvalue weighted by molar-refractivity contribution is 6.30. The molecule has 3 aromatic rings. The summed E-state index contributed by atoms with van der Waals surface area (Å²) in [5, 5.41) is 0.599. The summed E-state index contributed by atoms with van der Waals surface area (Å²) in [6.07, 6.45) is 0. The molecule has 0 aliphatic heterocycles. The van der Waals surface area contributed by atoms with Gasteiger partial charge in [-0.2, -0.15) is 0 Å². The molecule has 0 unspecified atom stereocenters. The topological polar surface area (TPSA) is 0 Å². The Morgan fingerprint density at radius 1 is 0.680 bits per heavy atom. The molecule has 0 saturated heterocycles. The van der Waals surface area contributed by atoms with Gasteiger partial charge in [-0.1, -0.05) is 68.8 Å². The molecule has 0 saturated carbocycles. The highest BCUT2D eigenvalue weighted by atomic mass is 35.5. The van der Waals surface area contributed by atoms with E-state index < -0.39 is 0 Å². The third-order valence-electron chi connectivity index (χ3n) is 4.27. The van der Waals surface area contributed by atoms with Crippen molar-refractivity contribution >= 4 is 11.6 Å². The maximum absolute atomic E-state index is 14.6. The van der Waals surface area contributed by atoms with E-state index in [-0.39, 0.29) is 17.0 Å². The van der Waals surface area contributed by atoms with E-state index in [0.29, 0.717) is 21.7 Å². The molecule has 3 aromatic carbocycles. The van der Waals surface area contributed by atoms with Crippen molar-refractivity contribution < 1.29 is 8.78 Å². The first-order valence-electron chi connectivity index (χ1n) is 8.11. The molecule has 3 heteroatoms. The lowest BCUT2D eigenvalue weighted by molar-refractivity contribution is 0.573. The maximum atomic E-state index is 14.6. The smallest absolute Gasteiger partial charge is 0.131 e. The summed E-state index contributed by atoms with van der Waals surface area (Å²) in [7, 11) is 0. The summed E-state index contributed by atoms with van der Waals surface area (Å²) < 4.78 is 29.1. The highest BCUT2D eigenvalue weighted by Crippen LogP contribution is 2.32. The molecule has 0 nitrogen and oxygen atoms in total. The molecule has 0 heterocycles. The summed E-state index contributed by atoms with van der Waals surface area (Å²) in [6, 6.07) is 16.9. The molecule has 0 amide bonds. The van der Waals surface area contributed by atoms with Crippen molar-refractivity contribution in [3.05, 3.63) is 82.9 Å². The van der Waals surface area contributed by atoms with Crippen LogP contribution in [0.25, 0.3) is 22.3 Å². The Labute approximate surface area is 152 Å². The average molecular weight is 357 g/mol. The first-order chi connectivity index (χ1) is 11.8. The Kier molecular flexibility index (Phi) is 4.66. The molecular formula is C22H19ClF2. The largest absolute Gasteiger partial charge is 0.206 e. The molecule has 0 spiro atoms. The van der Waals surface area contributed by atoms with E-state index in [1.165, 1.54) is 12.1 Å². The molecule has 0 aliphatic rings. The summed E-state index contributed by atoms with van der Waals surface area (Å²) >= 11 is 5.87. The van der Waals surface area contributed by atoms with Crippen molar-refractivity contribution in [2.75, 3.05) is 0 Å². The minimum absolute atomic E-state index is 0.136. The van der Waals surface area contributed by atoms with Crippen LogP contribution in [0.3, 0.4) is 0 Å². The van der Waals surface area contributed by atoms with Gasteiger partial charge in [-0.3, -0.25) is 0 Å². The van der Waals surface area contributed by atoms with Gasteiger partial charge < -0.3 is 0 Å². The number of rotatable bonds is 2. The van der Waals surface area contributed by atoms with E-state index in [9.17, 15) is 8.78 Å². The number of halogens is 3. The van der Waals surface area contributed by atoms with E-state index in [2.05, 4.69) is 0 Å². The molecular weight excluding hydrogens is 338 g/mol. The van der Waals surface area contributed by atoms with Crippen LogP contribution in [0, 0.1) is 11.6 Å². The van der Waals surface area contributed by atoms with Crippen LogP contribution in [0.1, 0.15) is 26.3 Å². The third-order valence-corrected chi connectivity index (χ3v) is 4.52. The fourth-order valence-electron chi connectivity index (χ4n) is 2.76. The fraction of sp³-hybridized carbons (Fsp3) is 0.182. The van der Waals surface area contributed by atoms with Gasteiger partial charge in [0.2, 0.25) is 0 Å². The normalized spacial score (nSPS) is 11.6.